The van der Waals surface area contributed by atoms with Crippen LogP contribution < -0.4 is 5.73 Å². The third kappa shape index (κ3) is 2.44. The van der Waals surface area contributed by atoms with Crippen LogP contribution in [-0.2, 0) is 13.0 Å². The molecule has 0 aliphatic carbocycles. The summed E-state index contributed by atoms with van der Waals surface area (Å²) >= 11 is 1.60. The first-order chi connectivity index (χ1) is 9.56. The van der Waals surface area contributed by atoms with Crippen LogP contribution in [0.4, 0.5) is 5.00 Å². The van der Waals surface area contributed by atoms with Gasteiger partial charge in [-0.25, -0.2) is 0 Å². The number of amides is 1. The van der Waals surface area contributed by atoms with Gasteiger partial charge in [0.1, 0.15) is 0 Å². The fourth-order valence-electron chi connectivity index (χ4n) is 3.16. The van der Waals surface area contributed by atoms with Gasteiger partial charge in [0.05, 0.1) is 10.6 Å². The molecule has 20 heavy (non-hydrogen) atoms. The van der Waals surface area contributed by atoms with Crippen LogP contribution in [0.5, 0.6) is 0 Å². The van der Waals surface area contributed by atoms with Gasteiger partial charge in [-0.3, -0.25) is 4.79 Å². The Morgan fingerprint density at radius 2 is 2.00 bits per heavy atom. The zero-order valence-electron chi connectivity index (χ0n) is 12.3. The van der Waals surface area contributed by atoms with Crippen molar-refractivity contribution in [3.63, 3.8) is 0 Å². The number of likely N-dealkylation sites (N-methyl/N-ethyl adjacent to an activating group) is 1. The van der Waals surface area contributed by atoms with Crippen LogP contribution in [0.15, 0.2) is 0 Å². The highest BCUT2D eigenvalue weighted by atomic mass is 32.1. The number of carbonyl (C=O) groups is 1. The maximum atomic E-state index is 12.8. The van der Waals surface area contributed by atoms with E-state index in [2.05, 4.69) is 18.9 Å². The summed E-state index contributed by atoms with van der Waals surface area (Å²) < 4.78 is 0. The average molecular weight is 293 g/mol. The van der Waals surface area contributed by atoms with Crippen molar-refractivity contribution in [1.82, 2.24) is 9.80 Å². The van der Waals surface area contributed by atoms with Gasteiger partial charge in [-0.1, -0.05) is 6.92 Å². The number of likely N-dealkylation sites (tertiary alicyclic amines) is 1. The van der Waals surface area contributed by atoms with Crippen molar-refractivity contribution in [2.45, 2.75) is 32.7 Å². The van der Waals surface area contributed by atoms with Gasteiger partial charge in [0.25, 0.3) is 5.91 Å². The minimum atomic E-state index is 0.163. The Balaban J connectivity index is 1.85. The molecule has 3 rings (SSSR count). The largest absolute Gasteiger partial charge is 0.390 e. The van der Waals surface area contributed by atoms with E-state index in [1.165, 1.54) is 10.4 Å². The second-order valence-electron chi connectivity index (χ2n) is 6.21. The highest BCUT2D eigenvalue weighted by Gasteiger charge is 2.29. The fraction of sp³-hybridized carbons (Fsp3) is 0.667. The Morgan fingerprint density at radius 1 is 1.30 bits per heavy atom. The molecule has 1 aromatic heterocycles. The van der Waals surface area contributed by atoms with Crippen LogP contribution >= 0.6 is 11.3 Å². The summed E-state index contributed by atoms with van der Waals surface area (Å²) in [6.45, 7) is 5.96. The summed E-state index contributed by atoms with van der Waals surface area (Å²) in [6, 6.07) is 0. The van der Waals surface area contributed by atoms with E-state index >= 15 is 0 Å². The molecule has 3 heterocycles. The summed E-state index contributed by atoms with van der Waals surface area (Å²) in [7, 11) is 2.12. The first-order valence-electron chi connectivity index (χ1n) is 7.44. The van der Waals surface area contributed by atoms with Crippen molar-refractivity contribution in [2.24, 2.45) is 5.92 Å². The molecule has 0 bridgehead atoms. The van der Waals surface area contributed by atoms with E-state index in [9.17, 15) is 4.79 Å². The lowest BCUT2D eigenvalue weighted by Crippen LogP contribution is -2.38. The van der Waals surface area contributed by atoms with E-state index in [1.54, 1.807) is 11.3 Å². The number of piperidine rings is 1. The van der Waals surface area contributed by atoms with Gasteiger partial charge in [-0.2, -0.15) is 0 Å². The molecule has 2 aliphatic heterocycles. The molecule has 1 fully saturated rings. The lowest BCUT2D eigenvalue weighted by Gasteiger charge is -2.31. The van der Waals surface area contributed by atoms with Gasteiger partial charge >= 0.3 is 0 Å². The van der Waals surface area contributed by atoms with Crippen molar-refractivity contribution in [2.75, 3.05) is 32.4 Å². The lowest BCUT2D eigenvalue weighted by molar-refractivity contribution is 0.0697. The molecule has 4 nitrogen and oxygen atoms in total. The molecule has 2 aliphatic rings. The second-order valence-corrected chi connectivity index (χ2v) is 7.34. The molecule has 5 heteroatoms. The Kier molecular flexibility index (Phi) is 3.73. The second kappa shape index (κ2) is 5.37. The summed E-state index contributed by atoms with van der Waals surface area (Å²) in [5.41, 5.74) is 8.18. The molecule has 110 valence electrons. The van der Waals surface area contributed by atoms with Crippen molar-refractivity contribution >= 4 is 22.2 Å². The van der Waals surface area contributed by atoms with Gasteiger partial charge in [-0.05, 0) is 37.8 Å². The first kappa shape index (κ1) is 13.9. The number of nitrogen functional groups attached to an aromatic ring is 1. The molecule has 0 unspecified atom stereocenters. The Hall–Kier alpha value is -1.07. The van der Waals surface area contributed by atoms with Crippen molar-refractivity contribution < 1.29 is 4.79 Å². The van der Waals surface area contributed by atoms with Crippen LogP contribution in [0.1, 0.15) is 40.6 Å². The highest BCUT2D eigenvalue weighted by molar-refractivity contribution is 7.16. The number of rotatable bonds is 1. The van der Waals surface area contributed by atoms with E-state index in [4.69, 9.17) is 5.73 Å². The quantitative estimate of drug-likeness (QED) is 0.863. The molecule has 0 radical (unpaired) electrons. The highest BCUT2D eigenvalue weighted by Crippen LogP contribution is 2.36. The zero-order chi connectivity index (χ0) is 14.3. The molecule has 1 saturated heterocycles. The first-order valence-corrected chi connectivity index (χ1v) is 8.25. The number of anilines is 1. The monoisotopic (exact) mass is 293 g/mol. The van der Waals surface area contributed by atoms with E-state index in [-0.39, 0.29) is 5.91 Å². The molecule has 2 N–H and O–H groups in total. The van der Waals surface area contributed by atoms with Gasteiger partial charge in [0.15, 0.2) is 0 Å². The van der Waals surface area contributed by atoms with Crippen LogP contribution in [-0.4, -0.2) is 42.4 Å². The van der Waals surface area contributed by atoms with Crippen LogP contribution in [0.3, 0.4) is 0 Å². The van der Waals surface area contributed by atoms with Crippen molar-refractivity contribution in [3.8, 4) is 0 Å². The SMILES string of the molecule is CC1CCN(C(=O)c2c(N)sc3c2CCN(C)C3)CC1. The number of carbonyl (C=O) groups excluding carboxylic acids is 1. The van der Waals surface area contributed by atoms with Gasteiger partial charge in [-0.15, -0.1) is 11.3 Å². The summed E-state index contributed by atoms with van der Waals surface area (Å²) in [5, 5.41) is 0.717. The molecule has 1 aromatic rings. The number of fused-ring (bicyclic) bond motifs is 1. The molecule has 0 saturated carbocycles. The predicted octanol–water partition coefficient (Wildman–Crippen LogP) is 2.19. The number of nitrogens with two attached hydrogens (primary N) is 1. The van der Waals surface area contributed by atoms with E-state index in [0.717, 1.165) is 56.9 Å². The Labute approximate surface area is 124 Å². The molecule has 0 atom stereocenters. The maximum Gasteiger partial charge on any atom is 0.257 e. The fourth-order valence-corrected chi connectivity index (χ4v) is 4.35. The smallest absolute Gasteiger partial charge is 0.257 e. The zero-order valence-corrected chi connectivity index (χ0v) is 13.1. The third-order valence-corrected chi connectivity index (χ3v) is 5.61. The van der Waals surface area contributed by atoms with Crippen LogP contribution in [0.25, 0.3) is 0 Å². The van der Waals surface area contributed by atoms with E-state index in [0.29, 0.717) is 5.00 Å². The summed E-state index contributed by atoms with van der Waals surface area (Å²) in [6.07, 6.45) is 3.17. The van der Waals surface area contributed by atoms with Crippen molar-refractivity contribution in [3.05, 3.63) is 16.0 Å². The average Bonchev–Trinajstić information content (AvgIpc) is 2.73. The molecule has 1 amide bonds. The van der Waals surface area contributed by atoms with Crippen LogP contribution in [0, 0.1) is 5.92 Å². The lowest BCUT2D eigenvalue weighted by atomic mass is 9.97. The topological polar surface area (TPSA) is 49.6 Å². The molecular weight excluding hydrogens is 270 g/mol. The third-order valence-electron chi connectivity index (χ3n) is 4.56. The van der Waals surface area contributed by atoms with Gasteiger partial charge in [0, 0.05) is 31.1 Å². The number of hydrogen-bond donors (Lipinski definition) is 1. The van der Waals surface area contributed by atoms with E-state index < -0.39 is 0 Å². The van der Waals surface area contributed by atoms with Crippen LogP contribution in [0.2, 0.25) is 0 Å². The predicted molar refractivity (Wildman–Crippen MR) is 83.1 cm³/mol. The minimum Gasteiger partial charge on any atom is -0.390 e. The number of nitrogens with zero attached hydrogens (tertiary/aromatic N) is 2. The van der Waals surface area contributed by atoms with Gasteiger partial charge < -0.3 is 15.5 Å². The Morgan fingerprint density at radius 3 is 2.70 bits per heavy atom. The van der Waals surface area contributed by atoms with E-state index in [1.807, 2.05) is 4.90 Å². The minimum absolute atomic E-state index is 0.163. The maximum absolute atomic E-state index is 12.8. The Bertz CT molecular complexity index is 517. The summed E-state index contributed by atoms with van der Waals surface area (Å²) in [5.74, 6) is 0.901. The molecule has 0 spiro atoms. The number of thiophene rings is 1. The molecule has 0 aromatic carbocycles. The standard InChI is InChI=1S/C15H23N3OS/c1-10-3-7-18(8-4-10)15(19)13-11-5-6-17(2)9-12(11)20-14(13)16/h10H,3-9,16H2,1-2H3. The number of hydrogen-bond acceptors (Lipinski definition) is 4. The van der Waals surface area contributed by atoms with Gasteiger partial charge in [0.2, 0.25) is 0 Å². The molecular formula is C15H23N3OS. The van der Waals surface area contributed by atoms with Crippen molar-refractivity contribution in [1.29, 1.82) is 0 Å². The normalized spacial score (nSPS) is 21.0. The summed E-state index contributed by atoms with van der Waals surface area (Å²) in [4.78, 5) is 18.3.